The topological polar surface area (TPSA) is 29.5 Å². The van der Waals surface area contributed by atoms with E-state index in [2.05, 4.69) is 4.90 Å². The maximum atomic E-state index is 11.8. The first kappa shape index (κ1) is 15.6. The first-order chi connectivity index (χ1) is 9.60. The maximum absolute atomic E-state index is 11.8. The van der Waals surface area contributed by atoms with Crippen molar-refractivity contribution in [2.75, 3.05) is 19.7 Å². The summed E-state index contributed by atoms with van der Waals surface area (Å²) in [7, 11) is 0. The fraction of sp³-hybridized carbons (Fsp3) is 0.533. The van der Waals surface area contributed by atoms with Gasteiger partial charge in [0.15, 0.2) is 0 Å². The maximum Gasteiger partial charge on any atom is 0.307 e. The molecule has 1 aliphatic heterocycles. The summed E-state index contributed by atoms with van der Waals surface area (Å²) in [5.41, 5.74) is 0.984. The molecule has 0 aliphatic carbocycles. The van der Waals surface area contributed by atoms with E-state index in [1.807, 2.05) is 19.1 Å². The van der Waals surface area contributed by atoms with Crippen LogP contribution in [0.4, 0.5) is 0 Å². The molecular formula is C15H19Cl2NO2. The highest BCUT2D eigenvalue weighted by Crippen LogP contribution is 2.32. The van der Waals surface area contributed by atoms with Crippen molar-refractivity contribution in [2.45, 2.75) is 32.2 Å². The van der Waals surface area contributed by atoms with Crippen molar-refractivity contribution in [3.8, 4) is 0 Å². The van der Waals surface area contributed by atoms with E-state index in [1.165, 1.54) is 0 Å². The summed E-state index contributed by atoms with van der Waals surface area (Å²) in [6.07, 6.45) is 2.66. The van der Waals surface area contributed by atoms with Gasteiger partial charge in [-0.1, -0.05) is 23.2 Å². The van der Waals surface area contributed by atoms with Crippen LogP contribution in [0.5, 0.6) is 0 Å². The summed E-state index contributed by atoms with van der Waals surface area (Å²) in [4.78, 5) is 14.1. The number of halogens is 2. The van der Waals surface area contributed by atoms with Crippen LogP contribution < -0.4 is 0 Å². The summed E-state index contributed by atoms with van der Waals surface area (Å²) in [5.74, 6) is -0.180. The Kier molecular flexibility index (Phi) is 5.70. The van der Waals surface area contributed by atoms with Crippen molar-refractivity contribution < 1.29 is 9.53 Å². The number of rotatable bonds is 5. The molecule has 0 spiro atoms. The number of hydrogen-bond acceptors (Lipinski definition) is 3. The highest BCUT2D eigenvalue weighted by molar-refractivity contribution is 6.34. The van der Waals surface area contributed by atoms with E-state index >= 15 is 0 Å². The third-order valence-corrected chi connectivity index (χ3v) is 3.95. The van der Waals surface area contributed by atoms with Gasteiger partial charge in [-0.3, -0.25) is 9.69 Å². The molecule has 0 saturated carbocycles. The molecule has 1 aliphatic rings. The van der Waals surface area contributed by atoms with Crippen molar-refractivity contribution >= 4 is 29.2 Å². The molecule has 1 unspecified atom stereocenters. The van der Waals surface area contributed by atoms with Gasteiger partial charge in [-0.05, 0) is 56.6 Å². The van der Waals surface area contributed by atoms with E-state index in [0.717, 1.165) is 31.5 Å². The number of nitrogens with zero attached hydrogens (tertiary/aromatic N) is 1. The second kappa shape index (κ2) is 7.30. The lowest BCUT2D eigenvalue weighted by atomic mass is 10.0. The summed E-state index contributed by atoms with van der Waals surface area (Å²) in [6, 6.07) is 5.47. The minimum absolute atomic E-state index is 0.00671. The summed E-state index contributed by atoms with van der Waals surface area (Å²) in [6.45, 7) is 4.21. The fourth-order valence-electron chi connectivity index (χ4n) is 2.66. The molecular weight excluding hydrogens is 297 g/mol. The zero-order valence-corrected chi connectivity index (χ0v) is 13.1. The minimum atomic E-state index is -0.180. The molecule has 1 fully saturated rings. The predicted molar refractivity (Wildman–Crippen MR) is 81.3 cm³/mol. The number of carbonyl (C=O) groups is 1. The Hall–Kier alpha value is -0.770. The summed E-state index contributed by atoms with van der Waals surface area (Å²) >= 11 is 12.2. The van der Waals surface area contributed by atoms with E-state index in [9.17, 15) is 4.79 Å². The van der Waals surface area contributed by atoms with Gasteiger partial charge in [0, 0.05) is 16.1 Å². The normalized spacial score (nSPS) is 17.1. The van der Waals surface area contributed by atoms with Crippen LogP contribution in [0.3, 0.4) is 0 Å². The third kappa shape index (κ3) is 4.11. The van der Waals surface area contributed by atoms with Crippen LogP contribution in [0.2, 0.25) is 10.0 Å². The standard InChI is InChI=1S/C15H19Cl2NO2/c1-2-20-15(19)10-14(18-5-3-4-6-18)11-7-12(16)9-13(17)8-11/h7-9,14H,2-6,10H2,1H3. The zero-order chi connectivity index (χ0) is 14.5. The average Bonchev–Trinajstić information content (AvgIpc) is 2.88. The Bertz CT molecular complexity index is 453. The number of ether oxygens (including phenoxy) is 1. The first-order valence-corrected chi connectivity index (χ1v) is 7.71. The molecule has 0 aromatic heterocycles. The molecule has 0 amide bonds. The Morgan fingerprint density at radius 1 is 1.25 bits per heavy atom. The first-order valence-electron chi connectivity index (χ1n) is 6.96. The molecule has 1 saturated heterocycles. The lowest BCUT2D eigenvalue weighted by Gasteiger charge is -2.27. The van der Waals surface area contributed by atoms with E-state index in [0.29, 0.717) is 23.1 Å². The summed E-state index contributed by atoms with van der Waals surface area (Å²) < 4.78 is 5.08. The number of likely N-dealkylation sites (tertiary alicyclic amines) is 1. The van der Waals surface area contributed by atoms with Crippen molar-refractivity contribution in [2.24, 2.45) is 0 Å². The van der Waals surface area contributed by atoms with Crippen LogP contribution in [-0.2, 0) is 9.53 Å². The third-order valence-electron chi connectivity index (χ3n) is 3.52. The molecule has 3 nitrogen and oxygen atoms in total. The van der Waals surface area contributed by atoms with E-state index < -0.39 is 0 Å². The highest BCUT2D eigenvalue weighted by atomic mass is 35.5. The largest absolute Gasteiger partial charge is 0.466 e. The molecule has 20 heavy (non-hydrogen) atoms. The zero-order valence-electron chi connectivity index (χ0n) is 11.6. The van der Waals surface area contributed by atoms with E-state index in [4.69, 9.17) is 27.9 Å². The van der Waals surface area contributed by atoms with Crippen LogP contribution >= 0.6 is 23.2 Å². The molecule has 0 radical (unpaired) electrons. The smallest absolute Gasteiger partial charge is 0.307 e. The quantitative estimate of drug-likeness (QED) is 0.767. The lowest BCUT2D eigenvalue weighted by molar-refractivity contribution is -0.144. The van der Waals surface area contributed by atoms with Crippen molar-refractivity contribution in [3.63, 3.8) is 0 Å². The number of benzene rings is 1. The fourth-order valence-corrected chi connectivity index (χ4v) is 3.20. The molecule has 110 valence electrons. The lowest BCUT2D eigenvalue weighted by Crippen LogP contribution is -2.28. The van der Waals surface area contributed by atoms with E-state index in [1.54, 1.807) is 6.07 Å². The SMILES string of the molecule is CCOC(=O)CC(c1cc(Cl)cc(Cl)c1)N1CCCC1. The Morgan fingerprint density at radius 3 is 2.40 bits per heavy atom. The van der Waals surface area contributed by atoms with Gasteiger partial charge < -0.3 is 4.74 Å². The molecule has 1 atom stereocenters. The minimum Gasteiger partial charge on any atom is -0.466 e. The Balaban J connectivity index is 2.22. The van der Waals surface area contributed by atoms with Gasteiger partial charge in [0.1, 0.15) is 0 Å². The molecule has 1 heterocycles. The van der Waals surface area contributed by atoms with Gasteiger partial charge in [-0.15, -0.1) is 0 Å². The Labute approximate surface area is 129 Å². The number of esters is 1. The van der Waals surface area contributed by atoms with Gasteiger partial charge >= 0.3 is 5.97 Å². The van der Waals surface area contributed by atoms with Crippen molar-refractivity contribution in [3.05, 3.63) is 33.8 Å². The second-order valence-corrected chi connectivity index (χ2v) is 5.84. The van der Waals surface area contributed by atoms with Gasteiger partial charge in [0.25, 0.3) is 0 Å². The summed E-state index contributed by atoms with van der Waals surface area (Å²) in [5, 5.41) is 1.20. The highest BCUT2D eigenvalue weighted by Gasteiger charge is 2.26. The van der Waals surface area contributed by atoms with Gasteiger partial charge in [0.2, 0.25) is 0 Å². The second-order valence-electron chi connectivity index (χ2n) is 4.97. The van der Waals surface area contributed by atoms with E-state index in [-0.39, 0.29) is 12.0 Å². The van der Waals surface area contributed by atoms with Crippen LogP contribution in [0.15, 0.2) is 18.2 Å². The monoisotopic (exact) mass is 315 g/mol. The van der Waals surface area contributed by atoms with Crippen molar-refractivity contribution in [1.82, 2.24) is 4.90 Å². The van der Waals surface area contributed by atoms with Gasteiger partial charge in [-0.2, -0.15) is 0 Å². The predicted octanol–water partition coefficient (Wildman–Crippen LogP) is 4.08. The number of carbonyl (C=O) groups excluding carboxylic acids is 1. The van der Waals surface area contributed by atoms with Crippen molar-refractivity contribution in [1.29, 1.82) is 0 Å². The molecule has 0 bridgehead atoms. The van der Waals surface area contributed by atoms with Gasteiger partial charge in [-0.25, -0.2) is 0 Å². The number of hydrogen-bond donors (Lipinski definition) is 0. The molecule has 1 aromatic rings. The molecule has 1 aromatic carbocycles. The molecule has 5 heteroatoms. The average molecular weight is 316 g/mol. The van der Waals surface area contributed by atoms with Crippen LogP contribution in [0.1, 0.15) is 37.8 Å². The molecule has 2 rings (SSSR count). The molecule has 0 N–H and O–H groups in total. The van der Waals surface area contributed by atoms with Crippen LogP contribution in [0, 0.1) is 0 Å². The van der Waals surface area contributed by atoms with Crippen LogP contribution in [0.25, 0.3) is 0 Å². The van der Waals surface area contributed by atoms with Crippen LogP contribution in [-0.4, -0.2) is 30.6 Å². The Morgan fingerprint density at radius 2 is 1.85 bits per heavy atom. The van der Waals surface area contributed by atoms with Gasteiger partial charge in [0.05, 0.1) is 13.0 Å².